The molecule has 3 aromatic rings. The standard InChI is InChI=1S/C31H28F6O2/c1-19-5-11-27(17-21(19)3)38-25-13-7-23(8-14-25)29(30(32,33)34,31(35,36)37)24-9-15-26(16-10-24)39-28-12-6-20(2)22(4)18-28/h5-17,28H,18H2,1-4H3. The van der Waals surface area contributed by atoms with E-state index >= 15 is 0 Å². The molecule has 1 aliphatic carbocycles. The predicted molar refractivity (Wildman–Crippen MR) is 138 cm³/mol. The Hall–Kier alpha value is -3.68. The van der Waals surface area contributed by atoms with Gasteiger partial charge in [0, 0.05) is 6.42 Å². The van der Waals surface area contributed by atoms with Crippen molar-refractivity contribution in [1.29, 1.82) is 0 Å². The molecular formula is C31H28F6O2. The molecule has 39 heavy (non-hydrogen) atoms. The van der Waals surface area contributed by atoms with Gasteiger partial charge in [-0.3, -0.25) is 0 Å². The Labute approximate surface area is 223 Å². The molecule has 0 aromatic heterocycles. The lowest BCUT2D eigenvalue weighted by Crippen LogP contribution is -2.54. The number of hydrogen-bond donors (Lipinski definition) is 0. The molecule has 206 valence electrons. The predicted octanol–water partition coefficient (Wildman–Crippen LogP) is 9.55. The number of ether oxygens (including phenoxy) is 2. The number of benzene rings is 3. The Morgan fingerprint density at radius 2 is 1.15 bits per heavy atom. The highest BCUT2D eigenvalue weighted by atomic mass is 19.4. The summed E-state index contributed by atoms with van der Waals surface area (Å²) < 4.78 is 98.7. The molecule has 8 heteroatoms. The maximum Gasteiger partial charge on any atom is 0.411 e. The molecule has 2 nitrogen and oxygen atoms in total. The van der Waals surface area contributed by atoms with Crippen LogP contribution in [-0.4, -0.2) is 18.5 Å². The molecule has 1 atom stereocenters. The molecule has 0 amide bonds. The van der Waals surface area contributed by atoms with E-state index in [1.54, 1.807) is 12.1 Å². The molecule has 0 radical (unpaired) electrons. The number of aryl methyl sites for hydroxylation is 2. The van der Waals surface area contributed by atoms with E-state index in [0.29, 0.717) is 12.2 Å². The van der Waals surface area contributed by atoms with Crippen molar-refractivity contribution in [2.45, 2.75) is 58.0 Å². The summed E-state index contributed by atoms with van der Waals surface area (Å²) in [5.41, 5.74) is -2.03. The van der Waals surface area contributed by atoms with Gasteiger partial charge in [-0.1, -0.05) is 47.6 Å². The second-order valence-corrected chi connectivity index (χ2v) is 9.83. The monoisotopic (exact) mass is 546 g/mol. The van der Waals surface area contributed by atoms with Gasteiger partial charge in [-0.2, -0.15) is 26.3 Å². The van der Waals surface area contributed by atoms with Crippen LogP contribution in [0.1, 0.15) is 42.5 Å². The molecule has 0 saturated carbocycles. The number of halogens is 6. The number of rotatable bonds is 6. The SMILES string of the molecule is CC1=C(C)CC(Oc2ccc(C(c3ccc(Oc4ccc(C)c(C)c4)cc3)(C(F)(F)F)C(F)(F)F)cc2)C=C1. The quantitative estimate of drug-likeness (QED) is 0.287. The van der Waals surface area contributed by atoms with Crippen LogP contribution in [0.15, 0.2) is 90.0 Å². The van der Waals surface area contributed by atoms with Crippen LogP contribution >= 0.6 is 0 Å². The average Bonchev–Trinajstić information content (AvgIpc) is 2.84. The zero-order chi connectivity index (χ0) is 28.6. The topological polar surface area (TPSA) is 18.5 Å². The lowest BCUT2D eigenvalue weighted by molar-refractivity contribution is -0.288. The molecule has 1 unspecified atom stereocenters. The van der Waals surface area contributed by atoms with Crippen LogP contribution < -0.4 is 9.47 Å². The van der Waals surface area contributed by atoms with E-state index in [4.69, 9.17) is 9.47 Å². The minimum absolute atomic E-state index is 0.115. The Morgan fingerprint density at radius 1 is 0.641 bits per heavy atom. The summed E-state index contributed by atoms with van der Waals surface area (Å²) in [6.45, 7) is 7.67. The Morgan fingerprint density at radius 3 is 1.64 bits per heavy atom. The van der Waals surface area contributed by atoms with E-state index in [9.17, 15) is 26.3 Å². The van der Waals surface area contributed by atoms with Crippen LogP contribution in [0.4, 0.5) is 26.3 Å². The molecule has 0 saturated heterocycles. The van der Waals surface area contributed by atoms with Gasteiger partial charge in [0.05, 0.1) is 0 Å². The highest BCUT2D eigenvalue weighted by molar-refractivity contribution is 5.48. The lowest BCUT2D eigenvalue weighted by atomic mass is 9.73. The summed E-state index contributed by atoms with van der Waals surface area (Å²) in [7, 11) is 0. The minimum atomic E-state index is -5.68. The largest absolute Gasteiger partial charge is 0.486 e. The highest BCUT2D eigenvalue weighted by Crippen LogP contribution is 2.56. The molecule has 3 aromatic carbocycles. The van der Waals surface area contributed by atoms with Crippen molar-refractivity contribution < 1.29 is 35.8 Å². The van der Waals surface area contributed by atoms with Crippen molar-refractivity contribution in [2.75, 3.05) is 0 Å². The molecule has 0 spiro atoms. The molecular weight excluding hydrogens is 518 g/mol. The zero-order valence-electron chi connectivity index (χ0n) is 21.9. The van der Waals surface area contributed by atoms with Gasteiger partial charge < -0.3 is 9.47 Å². The van der Waals surface area contributed by atoms with Crippen LogP contribution in [0, 0.1) is 13.8 Å². The van der Waals surface area contributed by atoms with Crippen LogP contribution in [0.2, 0.25) is 0 Å². The smallest absolute Gasteiger partial charge is 0.411 e. The third-order valence-corrected chi connectivity index (χ3v) is 7.17. The number of allylic oxidation sites excluding steroid dienone is 2. The number of hydrogen-bond acceptors (Lipinski definition) is 2. The Kier molecular flexibility index (Phi) is 7.61. The van der Waals surface area contributed by atoms with E-state index in [1.807, 2.05) is 45.9 Å². The summed E-state index contributed by atoms with van der Waals surface area (Å²) in [6, 6.07) is 13.0. The summed E-state index contributed by atoms with van der Waals surface area (Å²) in [6.07, 6.45) is -7.46. The summed E-state index contributed by atoms with van der Waals surface area (Å²) >= 11 is 0. The number of alkyl halides is 6. The zero-order valence-corrected chi connectivity index (χ0v) is 21.9. The van der Waals surface area contributed by atoms with E-state index in [-0.39, 0.29) is 17.6 Å². The van der Waals surface area contributed by atoms with Crippen molar-refractivity contribution in [3.8, 4) is 17.2 Å². The first-order valence-corrected chi connectivity index (χ1v) is 12.3. The fourth-order valence-corrected chi connectivity index (χ4v) is 4.63. The van der Waals surface area contributed by atoms with Crippen LogP contribution in [0.25, 0.3) is 0 Å². The van der Waals surface area contributed by atoms with Gasteiger partial charge in [-0.15, -0.1) is 0 Å². The van der Waals surface area contributed by atoms with E-state index in [1.165, 1.54) is 0 Å². The van der Waals surface area contributed by atoms with Gasteiger partial charge in [-0.25, -0.2) is 0 Å². The van der Waals surface area contributed by atoms with Crippen molar-refractivity contribution in [3.63, 3.8) is 0 Å². The Bertz CT molecular complexity index is 1370. The lowest BCUT2D eigenvalue weighted by Gasteiger charge is -2.38. The van der Waals surface area contributed by atoms with Gasteiger partial charge in [-0.05, 0) is 92.4 Å². The molecule has 0 bridgehead atoms. The average molecular weight is 547 g/mol. The first-order chi connectivity index (χ1) is 18.2. The van der Waals surface area contributed by atoms with E-state index < -0.39 is 28.9 Å². The summed E-state index contributed by atoms with van der Waals surface area (Å²) in [5.74, 6) is 0.716. The highest BCUT2D eigenvalue weighted by Gasteiger charge is 2.72. The van der Waals surface area contributed by atoms with Crippen molar-refractivity contribution >= 4 is 0 Å². The summed E-state index contributed by atoms with van der Waals surface area (Å²) in [5, 5.41) is 0. The van der Waals surface area contributed by atoms with Gasteiger partial charge in [0.25, 0.3) is 0 Å². The third kappa shape index (κ3) is 5.56. The van der Waals surface area contributed by atoms with Crippen LogP contribution in [0.5, 0.6) is 17.2 Å². The van der Waals surface area contributed by atoms with Crippen LogP contribution in [-0.2, 0) is 5.41 Å². The molecule has 0 fully saturated rings. The first kappa shape index (κ1) is 28.3. The van der Waals surface area contributed by atoms with Crippen molar-refractivity contribution in [2.24, 2.45) is 0 Å². The molecule has 4 rings (SSSR count). The second-order valence-electron chi connectivity index (χ2n) is 9.83. The van der Waals surface area contributed by atoms with Gasteiger partial charge in [0.15, 0.2) is 0 Å². The van der Waals surface area contributed by atoms with Crippen molar-refractivity contribution in [3.05, 3.63) is 112 Å². The maximum absolute atomic E-state index is 14.5. The van der Waals surface area contributed by atoms with Gasteiger partial charge >= 0.3 is 12.4 Å². The third-order valence-electron chi connectivity index (χ3n) is 7.17. The summed E-state index contributed by atoms with van der Waals surface area (Å²) in [4.78, 5) is 0. The molecule has 1 aliphatic rings. The van der Waals surface area contributed by atoms with Crippen LogP contribution in [0.3, 0.4) is 0 Å². The van der Waals surface area contributed by atoms with E-state index in [2.05, 4.69) is 0 Å². The molecule has 0 N–H and O–H groups in total. The normalized spacial score (nSPS) is 16.4. The van der Waals surface area contributed by atoms with Gasteiger partial charge in [0.2, 0.25) is 5.41 Å². The fraction of sp³-hybridized carbons (Fsp3) is 0.290. The minimum Gasteiger partial charge on any atom is -0.486 e. The molecule has 0 aliphatic heterocycles. The first-order valence-electron chi connectivity index (χ1n) is 12.3. The maximum atomic E-state index is 14.5. The van der Waals surface area contributed by atoms with E-state index in [0.717, 1.165) is 70.8 Å². The Balaban J connectivity index is 1.68. The van der Waals surface area contributed by atoms with Gasteiger partial charge in [0.1, 0.15) is 23.4 Å². The molecule has 0 heterocycles. The fourth-order valence-electron chi connectivity index (χ4n) is 4.63. The van der Waals surface area contributed by atoms with Crippen molar-refractivity contribution in [1.82, 2.24) is 0 Å². The second kappa shape index (κ2) is 10.5.